The lowest BCUT2D eigenvalue weighted by Gasteiger charge is -2.17. The van der Waals surface area contributed by atoms with Gasteiger partial charge in [0.25, 0.3) is 0 Å². The van der Waals surface area contributed by atoms with Gasteiger partial charge in [-0.05, 0) is 5.41 Å². The summed E-state index contributed by atoms with van der Waals surface area (Å²) in [4.78, 5) is 23.3. The summed E-state index contributed by atoms with van der Waals surface area (Å²) < 4.78 is 0. The minimum atomic E-state index is -0.249. The van der Waals surface area contributed by atoms with Crippen molar-refractivity contribution < 1.29 is 9.59 Å². The molecule has 0 aromatic heterocycles. The van der Waals surface area contributed by atoms with Crippen LogP contribution < -0.4 is 5.32 Å². The van der Waals surface area contributed by atoms with Gasteiger partial charge in [0.05, 0.1) is 11.3 Å². The van der Waals surface area contributed by atoms with Crippen molar-refractivity contribution in [1.82, 2.24) is 5.32 Å². The number of carbonyl (C=O) groups excluding carboxylic acids is 2. The number of ketones is 1. The number of carbonyl (C=O) groups is 2. The van der Waals surface area contributed by atoms with Crippen molar-refractivity contribution in [3.05, 3.63) is 47.4 Å². The zero-order valence-electron chi connectivity index (χ0n) is 9.42. The van der Waals surface area contributed by atoms with Crippen molar-refractivity contribution in [3.8, 4) is 0 Å². The normalized spacial score (nSPS) is 22.4. The number of nitrogens with one attached hydrogen (secondary N) is 1. The fourth-order valence-electron chi connectivity index (χ4n) is 1.75. The van der Waals surface area contributed by atoms with Gasteiger partial charge in [0.1, 0.15) is 0 Å². The summed E-state index contributed by atoms with van der Waals surface area (Å²) >= 11 is 1.45. The third-order valence-corrected chi connectivity index (χ3v) is 3.64. The number of amides is 1. The number of hydrogen-bond acceptors (Lipinski definition) is 3. The summed E-state index contributed by atoms with van der Waals surface area (Å²) in [6.45, 7) is 1.46. The minimum absolute atomic E-state index is 0.0550. The van der Waals surface area contributed by atoms with Gasteiger partial charge in [-0.2, -0.15) is 0 Å². The average molecular weight is 247 g/mol. The third kappa shape index (κ3) is 2.77. The Labute approximate surface area is 104 Å². The first-order valence-electron chi connectivity index (χ1n) is 5.37. The molecule has 3 nitrogen and oxygen atoms in total. The topological polar surface area (TPSA) is 46.2 Å². The van der Waals surface area contributed by atoms with Crippen LogP contribution in [0.3, 0.4) is 0 Å². The lowest BCUT2D eigenvalue weighted by atomic mass is 10.0. The van der Waals surface area contributed by atoms with Gasteiger partial charge in [0.15, 0.2) is 5.78 Å². The molecule has 0 bridgehead atoms. The first kappa shape index (κ1) is 11.9. The number of Topliss-reactive ketones (excluding diaryl/α,β-unsaturated/α-hetero) is 1. The van der Waals surface area contributed by atoms with E-state index in [1.165, 1.54) is 18.7 Å². The van der Waals surface area contributed by atoms with E-state index in [9.17, 15) is 9.59 Å². The maximum atomic E-state index is 12.2. The average Bonchev–Trinajstić information content (AvgIpc) is 2.76. The molecule has 2 atom stereocenters. The summed E-state index contributed by atoms with van der Waals surface area (Å²) in [7, 11) is 0. The van der Waals surface area contributed by atoms with Gasteiger partial charge in [-0.1, -0.05) is 36.4 Å². The molecule has 2 rings (SSSR count). The van der Waals surface area contributed by atoms with E-state index in [1.54, 1.807) is 12.1 Å². The van der Waals surface area contributed by atoms with Crippen LogP contribution in [0.15, 0.2) is 41.8 Å². The van der Waals surface area contributed by atoms with E-state index in [4.69, 9.17) is 0 Å². The molecule has 0 spiro atoms. The Morgan fingerprint density at radius 2 is 1.94 bits per heavy atom. The monoisotopic (exact) mass is 247 g/mol. The molecule has 0 radical (unpaired) electrons. The second-order valence-corrected chi connectivity index (χ2v) is 4.89. The van der Waals surface area contributed by atoms with Crippen molar-refractivity contribution in [1.29, 1.82) is 0 Å². The Hall–Kier alpha value is -1.55. The molecule has 0 aliphatic carbocycles. The number of benzene rings is 1. The predicted molar refractivity (Wildman–Crippen MR) is 68.9 cm³/mol. The van der Waals surface area contributed by atoms with Gasteiger partial charge in [0.2, 0.25) is 5.91 Å². The van der Waals surface area contributed by atoms with Crippen LogP contribution in [-0.2, 0) is 4.79 Å². The molecule has 88 valence electrons. The maximum absolute atomic E-state index is 12.2. The molecule has 4 heteroatoms. The number of rotatable bonds is 3. The molecule has 0 saturated carbocycles. The minimum Gasteiger partial charge on any atom is -0.349 e. The molecular weight excluding hydrogens is 234 g/mol. The molecule has 1 amide bonds. The second-order valence-electron chi connectivity index (χ2n) is 3.84. The van der Waals surface area contributed by atoms with Crippen LogP contribution in [0.25, 0.3) is 0 Å². The molecule has 1 aliphatic heterocycles. The van der Waals surface area contributed by atoms with Gasteiger partial charge in [-0.3, -0.25) is 9.59 Å². The summed E-state index contributed by atoms with van der Waals surface area (Å²) in [6, 6.07) is 8.95. The van der Waals surface area contributed by atoms with E-state index in [0.717, 1.165) is 0 Å². The Balaban J connectivity index is 2.12. The molecule has 1 aromatic carbocycles. The molecule has 1 aliphatic rings. The molecule has 1 aromatic rings. The van der Waals surface area contributed by atoms with Crippen LogP contribution in [0, 0.1) is 0 Å². The van der Waals surface area contributed by atoms with Crippen LogP contribution in [0.4, 0.5) is 0 Å². The van der Waals surface area contributed by atoms with Gasteiger partial charge in [0, 0.05) is 12.5 Å². The molecule has 0 fully saturated rings. The quantitative estimate of drug-likeness (QED) is 0.831. The Morgan fingerprint density at radius 1 is 1.24 bits per heavy atom. The Morgan fingerprint density at radius 3 is 2.59 bits per heavy atom. The highest BCUT2D eigenvalue weighted by Gasteiger charge is 2.31. The van der Waals surface area contributed by atoms with E-state index in [1.807, 2.05) is 29.7 Å². The first-order valence-corrected chi connectivity index (χ1v) is 6.31. The van der Waals surface area contributed by atoms with Crippen LogP contribution in [0.1, 0.15) is 17.3 Å². The van der Waals surface area contributed by atoms with Gasteiger partial charge in [-0.25, -0.2) is 0 Å². The highest BCUT2D eigenvalue weighted by atomic mass is 32.2. The van der Waals surface area contributed by atoms with Gasteiger partial charge < -0.3 is 5.32 Å². The van der Waals surface area contributed by atoms with E-state index in [-0.39, 0.29) is 23.0 Å². The lowest BCUT2D eigenvalue weighted by Crippen LogP contribution is -2.41. The van der Waals surface area contributed by atoms with E-state index >= 15 is 0 Å². The van der Waals surface area contributed by atoms with Gasteiger partial charge >= 0.3 is 0 Å². The summed E-state index contributed by atoms with van der Waals surface area (Å²) in [5.74, 6) is -0.0626. The van der Waals surface area contributed by atoms with Crippen LogP contribution in [-0.4, -0.2) is 23.0 Å². The fourth-order valence-corrected chi connectivity index (χ4v) is 2.77. The largest absolute Gasteiger partial charge is 0.349 e. The summed E-state index contributed by atoms with van der Waals surface area (Å²) in [5, 5.41) is 4.39. The first-order chi connectivity index (χ1) is 8.18. The zero-order valence-corrected chi connectivity index (χ0v) is 10.2. The SMILES string of the molecule is CC(=O)NC1C=CSC1C(=O)c1ccccc1. The zero-order chi connectivity index (χ0) is 12.3. The Kier molecular flexibility index (Phi) is 3.64. The molecule has 2 unspecified atom stereocenters. The fraction of sp³-hybridized carbons (Fsp3) is 0.231. The Bertz CT molecular complexity index is 456. The van der Waals surface area contributed by atoms with E-state index in [0.29, 0.717) is 5.56 Å². The van der Waals surface area contributed by atoms with Crippen molar-refractivity contribution >= 4 is 23.5 Å². The van der Waals surface area contributed by atoms with E-state index in [2.05, 4.69) is 5.32 Å². The van der Waals surface area contributed by atoms with Crippen molar-refractivity contribution in [3.63, 3.8) is 0 Å². The highest BCUT2D eigenvalue weighted by Crippen LogP contribution is 2.27. The number of hydrogen-bond donors (Lipinski definition) is 1. The summed E-state index contributed by atoms with van der Waals surface area (Å²) in [6.07, 6.45) is 1.86. The molecule has 1 N–H and O–H groups in total. The second kappa shape index (κ2) is 5.19. The van der Waals surface area contributed by atoms with E-state index < -0.39 is 0 Å². The van der Waals surface area contributed by atoms with Gasteiger partial charge in [-0.15, -0.1) is 11.8 Å². The molecular formula is C13H13NO2S. The van der Waals surface area contributed by atoms with Crippen molar-refractivity contribution in [2.45, 2.75) is 18.2 Å². The molecule has 0 saturated heterocycles. The summed E-state index contributed by atoms with van der Waals surface area (Å²) in [5.41, 5.74) is 0.684. The number of thioether (sulfide) groups is 1. The van der Waals surface area contributed by atoms with Crippen molar-refractivity contribution in [2.24, 2.45) is 0 Å². The lowest BCUT2D eigenvalue weighted by molar-refractivity contribution is -0.119. The highest BCUT2D eigenvalue weighted by molar-refractivity contribution is 8.03. The molecule has 1 heterocycles. The van der Waals surface area contributed by atoms with Crippen LogP contribution in [0.5, 0.6) is 0 Å². The van der Waals surface area contributed by atoms with Crippen LogP contribution >= 0.6 is 11.8 Å². The maximum Gasteiger partial charge on any atom is 0.217 e. The predicted octanol–water partition coefficient (Wildman–Crippen LogP) is 2.00. The standard InChI is InChI=1S/C13H13NO2S/c1-9(15)14-11-7-8-17-13(11)12(16)10-5-3-2-4-6-10/h2-8,11,13H,1H3,(H,14,15). The third-order valence-electron chi connectivity index (χ3n) is 2.52. The van der Waals surface area contributed by atoms with Crippen molar-refractivity contribution in [2.75, 3.05) is 0 Å². The smallest absolute Gasteiger partial charge is 0.217 e. The van der Waals surface area contributed by atoms with Crippen LogP contribution in [0.2, 0.25) is 0 Å². The molecule has 17 heavy (non-hydrogen) atoms.